The third kappa shape index (κ3) is 4.69. The van der Waals surface area contributed by atoms with E-state index in [2.05, 4.69) is 17.2 Å². The van der Waals surface area contributed by atoms with E-state index in [1.165, 1.54) is 0 Å². The average molecular weight is 274 g/mol. The van der Waals surface area contributed by atoms with Gasteiger partial charge < -0.3 is 15.8 Å². The van der Waals surface area contributed by atoms with Gasteiger partial charge in [-0.2, -0.15) is 0 Å². The van der Waals surface area contributed by atoms with Gasteiger partial charge in [0.05, 0.1) is 24.8 Å². The number of ether oxygens (including phenoxy) is 1. The minimum Gasteiger partial charge on any atom is -0.383 e. The van der Waals surface area contributed by atoms with Gasteiger partial charge in [0.15, 0.2) is 0 Å². The number of benzene rings is 1. The van der Waals surface area contributed by atoms with Crippen LogP contribution in [0.15, 0.2) is 18.2 Å². The first kappa shape index (κ1) is 16.2. The summed E-state index contributed by atoms with van der Waals surface area (Å²) in [5, 5.41) is 2.96. The maximum Gasteiger partial charge on any atom is 0.252 e. The van der Waals surface area contributed by atoms with Gasteiger partial charge in [0, 0.05) is 12.7 Å². The molecule has 20 heavy (non-hydrogen) atoms. The summed E-state index contributed by atoms with van der Waals surface area (Å²) in [6.07, 6.45) is 0.815. The minimum absolute atomic E-state index is 0.00308. The van der Waals surface area contributed by atoms with Crippen LogP contribution in [0.5, 0.6) is 0 Å². The molecule has 0 saturated heterocycles. The Morgan fingerprint density at radius 1 is 1.50 bits per heavy atom. The van der Waals surface area contributed by atoms with Crippen molar-refractivity contribution in [1.29, 1.82) is 0 Å². The van der Waals surface area contributed by atoms with Gasteiger partial charge >= 0.3 is 0 Å². The number of nitrogens with one attached hydrogen (secondary N) is 1. The van der Waals surface area contributed by atoms with E-state index in [0.717, 1.165) is 12.0 Å². The minimum atomic E-state index is -0.126. The smallest absolute Gasteiger partial charge is 0.252 e. The second-order valence-electron chi connectivity index (χ2n) is 4.59. The van der Waals surface area contributed by atoms with Crippen LogP contribution in [0.2, 0.25) is 0 Å². The van der Waals surface area contributed by atoms with Crippen LogP contribution in [-0.2, 0) is 4.74 Å². The van der Waals surface area contributed by atoms with Crippen LogP contribution in [0.4, 0.5) is 0 Å². The Hall–Kier alpha value is -1.83. The first-order chi connectivity index (χ1) is 9.62. The number of rotatable bonds is 5. The Balaban J connectivity index is 2.98. The van der Waals surface area contributed by atoms with Crippen molar-refractivity contribution in [2.75, 3.05) is 20.3 Å². The molecular weight excluding hydrogens is 252 g/mol. The normalized spacial score (nSPS) is 11.4. The van der Waals surface area contributed by atoms with E-state index >= 15 is 0 Å². The highest BCUT2D eigenvalue weighted by Crippen LogP contribution is 2.11. The molecule has 0 spiro atoms. The molecule has 108 valence electrons. The highest BCUT2D eigenvalue weighted by molar-refractivity contribution is 5.97. The van der Waals surface area contributed by atoms with E-state index in [9.17, 15) is 4.79 Å². The van der Waals surface area contributed by atoms with Gasteiger partial charge in [-0.3, -0.25) is 4.79 Å². The van der Waals surface area contributed by atoms with Crippen LogP contribution in [0.25, 0.3) is 0 Å². The quantitative estimate of drug-likeness (QED) is 0.799. The predicted molar refractivity (Wildman–Crippen MR) is 80.5 cm³/mol. The van der Waals surface area contributed by atoms with E-state index < -0.39 is 0 Å². The van der Waals surface area contributed by atoms with E-state index in [0.29, 0.717) is 17.7 Å². The lowest BCUT2D eigenvalue weighted by molar-refractivity contribution is 0.0894. The molecule has 0 aliphatic heterocycles. The fourth-order valence-corrected chi connectivity index (χ4v) is 1.83. The third-order valence-corrected chi connectivity index (χ3v) is 2.94. The Labute approximate surface area is 120 Å². The number of aryl methyl sites for hydroxylation is 1. The molecule has 1 rings (SSSR count). The highest BCUT2D eigenvalue weighted by atomic mass is 16.5. The van der Waals surface area contributed by atoms with Crippen molar-refractivity contribution in [3.63, 3.8) is 0 Å². The number of carbonyl (C=O) groups excluding carboxylic acids is 1. The number of hydrogen-bond acceptors (Lipinski definition) is 3. The fraction of sp³-hybridized carbons (Fsp3) is 0.438. The number of nitrogens with two attached hydrogens (primary N) is 1. The Morgan fingerprint density at radius 2 is 2.25 bits per heavy atom. The molecule has 0 saturated carbocycles. The van der Waals surface area contributed by atoms with Gasteiger partial charge in [-0.05, 0) is 25.5 Å². The number of amides is 1. The summed E-state index contributed by atoms with van der Waals surface area (Å²) < 4.78 is 5.09. The SMILES string of the molecule is CCC(COC)NC(=O)c1cc(C)ccc1C#CCN. The molecule has 0 aromatic heterocycles. The van der Waals surface area contributed by atoms with Crippen LogP contribution in [0.1, 0.15) is 34.8 Å². The zero-order valence-corrected chi connectivity index (χ0v) is 12.3. The summed E-state index contributed by atoms with van der Waals surface area (Å²) in [6, 6.07) is 5.63. The molecule has 1 aromatic rings. The van der Waals surface area contributed by atoms with E-state index in [1.54, 1.807) is 7.11 Å². The van der Waals surface area contributed by atoms with Crippen LogP contribution in [0, 0.1) is 18.8 Å². The fourth-order valence-electron chi connectivity index (χ4n) is 1.83. The Kier molecular flexibility index (Phi) is 6.78. The lowest BCUT2D eigenvalue weighted by Crippen LogP contribution is -2.37. The van der Waals surface area contributed by atoms with Crippen molar-refractivity contribution in [3.8, 4) is 11.8 Å². The van der Waals surface area contributed by atoms with E-state index in [1.807, 2.05) is 32.0 Å². The molecule has 0 aliphatic carbocycles. The highest BCUT2D eigenvalue weighted by Gasteiger charge is 2.14. The van der Waals surface area contributed by atoms with E-state index in [4.69, 9.17) is 10.5 Å². The summed E-state index contributed by atoms with van der Waals surface area (Å²) in [5.74, 6) is 5.60. The van der Waals surface area contributed by atoms with Crippen molar-refractivity contribution in [2.24, 2.45) is 5.73 Å². The zero-order chi connectivity index (χ0) is 15.0. The van der Waals surface area contributed by atoms with Gasteiger partial charge in [0.25, 0.3) is 5.91 Å². The molecule has 0 radical (unpaired) electrons. The molecular formula is C16H22N2O2. The van der Waals surface area contributed by atoms with Crippen LogP contribution < -0.4 is 11.1 Å². The van der Waals surface area contributed by atoms with Crippen molar-refractivity contribution in [1.82, 2.24) is 5.32 Å². The molecule has 0 bridgehead atoms. The molecule has 3 N–H and O–H groups in total. The monoisotopic (exact) mass is 274 g/mol. The van der Waals surface area contributed by atoms with Crippen molar-refractivity contribution < 1.29 is 9.53 Å². The maximum atomic E-state index is 12.4. The molecule has 1 unspecified atom stereocenters. The maximum absolute atomic E-state index is 12.4. The Morgan fingerprint density at radius 3 is 2.85 bits per heavy atom. The summed E-state index contributed by atoms with van der Waals surface area (Å²) >= 11 is 0. The first-order valence-electron chi connectivity index (χ1n) is 6.71. The number of hydrogen-bond donors (Lipinski definition) is 2. The molecule has 0 fully saturated rings. The van der Waals surface area contributed by atoms with Crippen LogP contribution >= 0.6 is 0 Å². The molecule has 0 aliphatic rings. The predicted octanol–water partition coefficient (Wildman–Crippen LogP) is 1.46. The van der Waals surface area contributed by atoms with Gasteiger partial charge in [0.1, 0.15) is 0 Å². The second-order valence-corrected chi connectivity index (χ2v) is 4.59. The summed E-state index contributed by atoms with van der Waals surface area (Å²) in [6.45, 7) is 4.73. The molecule has 1 atom stereocenters. The Bertz CT molecular complexity index is 515. The molecule has 1 aromatic carbocycles. The van der Waals surface area contributed by atoms with Crippen LogP contribution in [-0.4, -0.2) is 32.2 Å². The number of methoxy groups -OCH3 is 1. The standard InChI is InChI=1S/C16H22N2O2/c1-4-14(11-20-3)18-16(19)15-10-12(2)7-8-13(15)6-5-9-17/h7-8,10,14H,4,9,11,17H2,1-3H3,(H,18,19). The van der Waals surface area contributed by atoms with Crippen LogP contribution in [0.3, 0.4) is 0 Å². The average Bonchev–Trinajstić information content (AvgIpc) is 2.45. The first-order valence-corrected chi connectivity index (χ1v) is 6.71. The van der Waals surface area contributed by atoms with Gasteiger partial charge in [-0.25, -0.2) is 0 Å². The lowest BCUT2D eigenvalue weighted by atomic mass is 10.0. The molecule has 4 heteroatoms. The van der Waals surface area contributed by atoms with Crippen molar-refractivity contribution >= 4 is 5.91 Å². The largest absolute Gasteiger partial charge is 0.383 e. The lowest BCUT2D eigenvalue weighted by Gasteiger charge is -2.16. The van der Waals surface area contributed by atoms with Gasteiger partial charge in [0.2, 0.25) is 0 Å². The molecule has 1 amide bonds. The zero-order valence-electron chi connectivity index (χ0n) is 12.3. The summed E-state index contributed by atoms with van der Waals surface area (Å²) in [5.41, 5.74) is 7.69. The summed E-state index contributed by atoms with van der Waals surface area (Å²) in [4.78, 5) is 12.4. The number of carbonyl (C=O) groups is 1. The van der Waals surface area contributed by atoms with Crippen molar-refractivity contribution in [2.45, 2.75) is 26.3 Å². The topological polar surface area (TPSA) is 64.3 Å². The molecule has 0 heterocycles. The summed E-state index contributed by atoms with van der Waals surface area (Å²) in [7, 11) is 1.62. The van der Waals surface area contributed by atoms with Gasteiger partial charge in [-0.15, -0.1) is 0 Å². The van der Waals surface area contributed by atoms with E-state index in [-0.39, 0.29) is 18.5 Å². The van der Waals surface area contributed by atoms with Gasteiger partial charge in [-0.1, -0.05) is 30.4 Å². The third-order valence-electron chi connectivity index (χ3n) is 2.94. The second kappa shape index (κ2) is 8.36. The van der Waals surface area contributed by atoms with Crippen molar-refractivity contribution in [3.05, 3.63) is 34.9 Å². The molecule has 4 nitrogen and oxygen atoms in total.